The maximum atomic E-state index is 12.3. The van der Waals surface area contributed by atoms with Crippen LogP contribution in [0.25, 0.3) is 0 Å². The van der Waals surface area contributed by atoms with Crippen molar-refractivity contribution in [2.24, 2.45) is 5.41 Å². The molecule has 0 aliphatic heterocycles. The van der Waals surface area contributed by atoms with Crippen molar-refractivity contribution in [2.45, 2.75) is 24.3 Å². The molecule has 116 valence electrons. The fourth-order valence-corrected chi connectivity index (χ4v) is 2.56. The first kappa shape index (κ1) is 16.1. The summed E-state index contributed by atoms with van der Waals surface area (Å²) < 4.78 is 32.8. The normalized spacial score (nSPS) is 22.8. The Labute approximate surface area is 130 Å². The van der Waals surface area contributed by atoms with Crippen LogP contribution >= 0.6 is 23.2 Å². The van der Waals surface area contributed by atoms with Crippen LogP contribution in [0, 0.1) is 5.41 Å². The summed E-state index contributed by atoms with van der Waals surface area (Å²) in [7, 11) is 1.33. The number of halogens is 4. The summed E-state index contributed by atoms with van der Waals surface area (Å²) in [5, 5.41) is 2.58. The van der Waals surface area contributed by atoms with Gasteiger partial charge < -0.3 is 14.8 Å². The van der Waals surface area contributed by atoms with E-state index < -0.39 is 16.4 Å². The van der Waals surface area contributed by atoms with Gasteiger partial charge in [0.2, 0.25) is 5.91 Å². The molecule has 1 amide bonds. The van der Waals surface area contributed by atoms with Gasteiger partial charge in [0.15, 0.2) is 11.5 Å². The Morgan fingerprint density at radius 3 is 2.48 bits per heavy atom. The standard InChI is InChI=1S/C13H13Cl2F2NO3/c1-12(6-13(12,14)15)10(19)18-7-3-4-8(20-2)9(5-7)21-11(16)17/h3-5,11H,6H2,1-2H3,(H,18,19). The molecule has 0 radical (unpaired) electrons. The minimum atomic E-state index is -3.00. The molecule has 1 aliphatic carbocycles. The van der Waals surface area contributed by atoms with Gasteiger partial charge in [-0.05, 0) is 25.5 Å². The molecule has 1 fully saturated rings. The van der Waals surface area contributed by atoms with Crippen LogP contribution in [-0.2, 0) is 4.79 Å². The van der Waals surface area contributed by atoms with Crippen molar-refractivity contribution in [3.8, 4) is 11.5 Å². The fourth-order valence-electron chi connectivity index (χ4n) is 1.86. The maximum absolute atomic E-state index is 12.3. The topological polar surface area (TPSA) is 47.6 Å². The SMILES string of the molecule is COc1ccc(NC(=O)C2(C)CC2(Cl)Cl)cc1OC(F)F. The van der Waals surface area contributed by atoms with Gasteiger partial charge in [-0.15, -0.1) is 23.2 Å². The lowest BCUT2D eigenvalue weighted by Crippen LogP contribution is -2.25. The summed E-state index contributed by atoms with van der Waals surface area (Å²) >= 11 is 11.8. The van der Waals surface area contributed by atoms with Crippen molar-refractivity contribution < 1.29 is 23.0 Å². The van der Waals surface area contributed by atoms with Crippen LogP contribution in [0.5, 0.6) is 11.5 Å². The first-order valence-electron chi connectivity index (χ1n) is 6.02. The molecule has 1 aromatic carbocycles. The lowest BCUT2D eigenvalue weighted by molar-refractivity contribution is -0.120. The van der Waals surface area contributed by atoms with E-state index in [0.717, 1.165) is 0 Å². The number of hydrogen-bond donors (Lipinski definition) is 1. The molecule has 1 N–H and O–H groups in total. The van der Waals surface area contributed by atoms with Crippen LogP contribution in [0.15, 0.2) is 18.2 Å². The molecule has 8 heteroatoms. The fraction of sp³-hybridized carbons (Fsp3) is 0.462. The summed E-state index contributed by atoms with van der Waals surface area (Å²) in [5.41, 5.74) is -0.617. The number of nitrogens with one attached hydrogen (secondary N) is 1. The minimum absolute atomic E-state index is 0.134. The third kappa shape index (κ3) is 3.16. The molecule has 0 aromatic heterocycles. The highest BCUT2D eigenvalue weighted by Crippen LogP contribution is 2.64. The first-order valence-corrected chi connectivity index (χ1v) is 6.77. The number of carbonyl (C=O) groups is 1. The second-order valence-corrected chi connectivity index (χ2v) is 6.40. The van der Waals surface area contributed by atoms with E-state index in [9.17, 15) is 13.6 Å². The molecule has 1 aromatic rings. The molecule has 0 heterocycles. The molecule has 1 atom stereocenters. The Morgan fingerprint density at radius 2 is 2.00 bits per heavy atom. The Morgan fingerprint density at radius 1 is 1.38 bits per heavy atom. The molecule has 0 saturated heterocycles. The molecule has 1 unspecified atom stereocenters. The van der Waals surface area contributed by atoms with Crippen LogP contribution in [-0.4, -0.2) is 24.0 Å². The molecule has 21 heavy (non-hydrogen) atoms. The van der Waals surface area contributed by atoms with Gasteiger partial charge >= 0.3 is 6.61 Å². The van der Waals surface area contributed by atoms with Crippen molar-refractivity contribution >= 4 is 34.8 Å². The van der Waals surface area contributed by atoms with E-state index in [1.165, 1.54) is 25.3 Å². The molecule has 4 nitrogen and oxygen atoms in total. The highest BCUT2D eigenvalue weighted by Gasteiger charge is 2.67. The summed E-state index contributed by atoms with van der Waals surface area (Å²) in [6.07, 6.45) is 0.325. The van der Waals surface area contributed by atoms with E-state index >= 15 is 0 Å². The lowest BCUT2D eigenvalue weighted by Gasteiger charge is -2.15. The van der Waals surface area contributed by atoms with Gasteiger partial charge in [-0.25, -0.2) is 0 Å². The second kappa shape index (κ2) is 5.50. The average Bonchev–Trinajstić information content (AvgIpc) is 2.89. The zero-order valence-electron chi connectivity index (χ0n) is 11.3. The van der Waals surface area contributed by atoms with E-state index in [0.29, 0.717) is 6.42 Å². The highest BCUT2D eigenvalue weighted by atomic mass is 35.5. The lowest BCUT2D eigenvalue weighted by atomic mass is 10.1. The van der Waals surface area contributed by atoms with Crippen molar-refractivity contribution in [2.75, 3.05) is 12.4 Å². The largest absolute Gasteiger partial charge is 0.493 e. The van der Waals surface area contributed by atoms with E-state index in [2.05, 4.69) is 10.1 Å². The smallest absolute Gasteiger partial charge is 0.387 e. The zero-order valence-corrected chi connectivity index (χ0v) is 12.8. The first-order chi connectivity index (χ1) is 9.69. The number of amides is 1. The highest BCUT2D eigenvalue weighted by molar-refractivity contribution is 6.53. The molecule has 0 spiro atoms. The van der Waals surface area contributed by atoms with E-state index in [1.54, 1.807) is 6.92 Å². The summed E-state index contributed by atoms with van der Waals surface area (Å²) in [6.45, 7) is -1.37. The number of hydrogen-bond acceptors (Lipinski definition) is 3. The number of ether oxygens (including phenoxy) is 2. The molecular formula is C13H13Cl2F2NO3. The molecule has 1 saturated carbocycles. The molecular weight excluding hydrogens is 327 g/mol. The van der Waals surface area contributed by atoms with Gasteiger partial charge in [-0.3, -0.25) is 4.79 Å². The van der Waals surface area contributed by atoms with E-state index in [1.807, 2.05) is 0 Å². The Balaban J connectivity index is 2.16. The number of benzene rings is 1. The van der Waals surface area contributed by atoms with Gasteiger partial charge in [0, 0.05) is 11.8 Å². The second-order valence-electron chi connectivity index (χ2n) is 4.91. The minimum Gasteiger partial charge on any atom is -0.493 e. The van der Waals surface area contributed by atoms with Crippen molar-refractivity contribution in [3.05, 3.63) is 18.2 Å². The Bertz CT molecular complexity index is 568. The molecule has 2 rings (SSSR count). The number of anilines is 1. The third-order valence-corrected chi connectivity index (χ3v) is 4.50. The quantitative estimate of drug-likeness (QED) is 0.829. The predicted octanol–water partition coefficient (Wildman–Crippen LogP) is 3.82. The van der Waals surface area contributed by atoms with Gasteiger partial charge in [0.05, 0.1) is 12.5 Å². The summed E-state index contributed by atoms with van der Waals surface area (Å²) in [6, 6.07) is 4.17. The van der Waals surface area contributed by atoms with Crippen LogP contribution in [0.3, 0.4) is 0 Å². The maximum Gasteiger partial charge on any atom is 0.387 e. The van der Waals surface area contributed by atoms with Crippen molar-refractivity contribution in [1.82, 2.24) is 0 Å². The predicted molar refractivity (Wildman–Crippen MR) is 75.4 cm³/mol. The summed E-state index contributed by atoms with van der Waals surface area (Å²) in [5.74, 6) is -0.426. The van der Waals surface area contributed by atoms with Gasteiger partial charge in [-0.1, -0.05) is 0 Å². The number of alkyl halides is 4. The Kier molecular flexibility index (Phi) is 4.22. The monoisotopic (exact) mass is 339 g/mol. The molecule has 0 bridgehead atoms. The van der Waals surface area contributed by atoms with Gasteiger partial charge in [0.1, 0.15) is 4.33 Å². The Hall–Kier alpha value is -1.27. The van der Waals surface area contributed by atoms with E-state index in [-0.39, 0.29) is 23.1 Å². The number of rotatable bonds is 5. The number of carbonyl (C=O) groups excluding carboxylic acids is 1. The van der Waals surface area contributed by atoms with Crippen molar-refractivity contribution in [1.29, 1.82) is 0 Å². The van der Waals surface area contributed by atoms with Crippen LogP contribution in [0.2, 0.25) is 0 Å². The third-order valence-electron chi connectivity index (χ3n) is 3.40. The average molecular weight is 340 g/mol. The zero-order chi connectivity index (χ0) is 15.8. The summed E-state index contributed by atoms with van der Waals surface area (Å²) in [4.78, 5) is 12.1. The number of methoxy groups -OCH3 is 1. The van der Waals surface area contributed by atoms with Crippen LogP contribution in [0.1, 0.15) is 13.3 Å². The van der Waals surface area contributed by atoms with E-state index in [4.69, 9.17) is 27.9 Å². The van der Waals surface area contributed by atoms with Crippen LogP contribution in [0.4, 0.5) is 14.5 Å². The van der Waals surface area contributed by atoms with Gasteiger partial charge in [0.25, 0.3) is 0 Å². The van der Waals surface area contributed by atoms with Crippen molar-refractivity contribution in [3.63, 3.8) is 0 Å². The van der Waals surface area contributed by atoms with Crippen LogP contribution < -0.4 is 14.8 Å². The van der Waals surface area contributed by atoms with Gasteiger partial charge in [-0.2, -0.15) is 8.78 Å². The molecule has 1 aliphatic rings.